The van der Waals surface area contributed by atoms with Crippen molar-refractivity contribution < 1.29 is 4.79 Å². The van der Waals surface area contributed by atoms with Crippen LogP contribution >= 0.6 is 0 Å². The standard InChI is InChI=1S/C33H46N2O/c1-11-24(26(19(3)4)14-13-22(8)36)17-21(7)33-25(12-2)31-29(34-10)16-15-27-23(9)28(20(5)6)18-30(35-33)32(27)31/h17-18,20,29,34H,3,11-16H2,1-2,4-10H3/b21-17+,26-24-. The van der Waals surface area contributed by atoms with E-state index >= 15 is 0 Å². The van der Waals surface area contributed by atoms with Crippen molar-refractivity contribution in [3.05, 3.63) is 69.0 Å². The van der Waals surface area contributed by atoms with E-state index in [1.807, 2.05) is 0 Å². The molecule has 0 amide bonds. The van der Waals surface area contributed by atoms with Crippen molar-refractivity contribution in [1.82, 2.24) is 10.3 Å². The van der Waals surface area contributed by atoms with Crippen molar-refractivity contribution in [3.63, 3.8) is 0 Å². The number of rotatable bonds is 10. The molecule has 3 nitrogen and oxygen atoms in total. The quantitative estimate of drug-likeness (QED) is 0.342. The lowest BCUT2D eigenvalue weighted by Crippen LogP contribution is -2.24. The molecule has 0 radical (unpaired) electrons. The first-order valence-electron chi connectivity index (χ1n) is 13.8. The highest BCUT2D eigenvalue weighted by molar-refractivity contribution is 5.92. The fraction of sp³-hybridized carbons (Fsp3) is 0.515. The number of benzene rings is 1. The monoisotopic (exact) mass is 486 g/mol. The first-order chi connectivity index (χ1) is 17.0. The van der Waals surface area contributed by atoms with E-state index in [1.165, 1.54) is 49.9 Å². The molecule has 1 aromatic carbocycles. The number of hydrogen-bond donors (Lipinski definition) is 1. The predicted molar refractivity (Wildman–Crippen MR) is 156 cm³/mol. The summed E-state index contributed by atoms with van der Waals surface area (Å²) in [6.45, 7) is 21.5. The number of carbonyl (C=O) groups is 1. The van der Waals surface area contributed by atoms with Crippen LogP contribution in [-0.2, 0) is 17.6 Å². The normalized spacial score (nSPS) is 16.5. The summed E-state index contributed by atoms with van der Waals surface area (Å²) in [6.07, 6.45) is 7.67. The van der Waals surface area contributed by atoms with Crippen LogP contribution in [0.15, 0.2) is 35.4 Å². The lowest BCUT2D eigenvalue weighted by Gasteiger charge is -2.31. The molecule has 1 unspecified atom stereocenters. The van der Waals surface area contributed by atoms with Gasteiger partial charge in [0.15, 0.2) is 0 Å². The molecule has 1 atom stereocenters. The Balaban J connectivity index is 2.34. The molecule has 0 saturated carbocycles. The maximum Gasteiger partial charge on any atom is 0.130 e. The average molecular weight is 487 g/mol. The van der Waals surface area contributed by atoms with Gasteiger partial charge in [-0.05, 0) is 123 Å². The minimum Gasteiger partial charge on any atom is -0.313 e. The molecule has 1 aliphatic carbocycles. The van der Waals surface area contributed by atoms with Gasteiger partial charge in [0.2, 0.25) is 0 Å². The summed E-state index contributed by atoms with van der Waals surface area (Å²) in [7, 11) is 2.09. The fourth-order valence-corrected chi connectivity index (χ4v) is 6.08. The third-order valence-corrected chi connectivity index (χ3v) is 7.98. The summed E-state index contributed by atoms with van der Waals surface area (Å²) in [6, 6.07) is 2.69. The lowest BCUT2D eigenvalue weighted by atomic mass is 9.78. The molecule has 3 heteroatoms. The number of aryl methyl sites for hydroxylation is 1. The van der Waals surface area contributed by atoms with Crippen LogP contribution < -0.4 is 5.32 Å². The molecule has 1 N–H and O–H groups in total. The molecule has 194 valence electrons. The number of nitrogens with one attached hydrogen (secondary N) is 1. The lowest BCUT2D eigenvalue weighted by molar-refractivity contribution is -0.116. The zero-order valence-corrected chi connectivity index (χ0v) is 24.1. The fourth-order valence-electron chi connectivity index (χ4n) is 6.08. The van der Waals surface area contributed by atoms with E-state index in [1.54, 1.807) is 6.92 Å². The summed E-state index contributed by atoms with van der Waals surface area (Å²) >= 11 is 0. The molecule has 2 aromatic rings. The number of carbonyl (C=O) groups excluding carboxylic acids is 1. The molecular formula is C33H46N2O. The molecule has 1 aliphatic rings. The van der Waals surface area contributed by atoms with Crippen LogP contribution in [0.3, 0.4) is 0 Å². The van der Waals surface area contributed by atoms with Crippen molar-refractivity contribution in [2.75, 3.05) is 7.05 Å². The first kappa shape index (κ1) is 28.1. The van der Waals surface area contributed by atoms with Gasteiger partial charge in [-0.1, -0.05) is 45.9 Å². The predicted octanol–water partition coefficient (Wildman–Crippen LogP) is 8.49. The van der Waals surface area contributed by atoms with Gasteiger partial charge in [-0.15, -0.1) is 0 Å². The summed E-state index contributed by atoms with van der Waals surface area (Å²) < 4.78 is 0. The first-order valence-corrected chi connectivity index (χ1v) is 13.8. The molecule has 0 spiro atoms. The van der Waals surface area contributed by atoms with Crippen LogP contribution in [0, 0.1) is 6.92 Å². The highest BCUT2D eigenvalue weighted by Crippen LogP contribution is 2.43. The number of aromatic nitrogens is 1. The zero-order chi connectivity index (χ0) is 26.7. The summed E-state index contributed by atoms with van der Waals surface area (Å²) in [5, 5.41) is 5.00. The Labute approximate surface area is 219 Å². The highest BCUT2D eigenvalue weighted by Gasteiger charge is 2.28. The smallest absolute Gasteiger partial charge is 0.130 e. The van der Waals surface area contributed by atoms with Gasteiger partial charge in [0, 0.05) is 17.8 Å². The SMILES string of the molecule is C=C(C)/C(CCC(C)=O)=C(\C=C(/C)c1nc2cc(C(C)C)c(C)c3c2c(c1CC)C(NC)CC3)CC. The van der Waals surface area contributed by atoms with Gasteiger partial charge in [0.25, 0.3) is 0 Å². The summed E-state index contributed by atoms with van der Waals surface area (Å²) in [5.74, 6) is 0.691. The van der Waals surface area contributed by atoms with Crippen molar-refractivity contribution in [2.45, 2.75) is 106 Å². The Morgan fingerprint density at radius 3 is 2.44 bits per heavy atom. The highest BCUT2D eigenvalue weighted by atomic mass is 16.1. The van der Waals surface area contributed by atoms with Gasteiger partial charge in [0.1, 0.15) is 5.78 Å². The minimum absolute atomic E-state index is 0.221. The van der Waals surface area contributed by atoms with Gasteiger partial charge < -0.3 is 10.1 Å². The second kappa shape index (κ2) is 11.7. The molecule has 1 aromatic heterocycles. The maximum atomic E-state index is 11.7. The second-order valence-electron chi connectivity index (χ2n) is 10.9. The minimum atomic E-state index is 0.221. The Morgan fingerprint density at radius 2 is 1.92 bits per heavy atom. The van der Waals surface area contributed by atoms with Crippen LogP contribution in [-0.4, -0.2) is 17.8 Å². The van der Waals surface area contributed by atoms with Gasteiger partial charge >= 0.3 is 0 Å². The maximum absolute atomic E-state index is 11.7. The largest absolute Gasteiger partial charge is 0.313 e. The number of Topliss-reactive ketones (excluding diaryl/α,β-unsaturated/α-hetero) is 1. The van der Waals surface area contributed by atoms with Crippen LogP contribution in [0.2, 0.25) is 0 Å². The van der Waals surface area contributed by atoms with E-state index in [0.717, 1.165) is 48.9 Å². The van der Waals surface area contributed by atoms with E-state index in [-0.39, 0.29) is 5.78 Å². The molecule has 0 saturated heterocycles. The van der Waals surface area contributed by atoms with E-state index in [0.29, 0.717) is 18.4 Å². The molecule has 0 aliphatic heterocycles. The molecule has 3 rings (SSSR count). The van der Waals surface area contributed by atoms with Crippen molar-refractivity contribution in [1.29, 1.82) is 0 Å². The van der Waals surface area contributed by atoms with Crippen LogP contribution in [0.25, 0.3) is 16.5 Å². The topological polar surface area (TPSA) is 42.0 Å². The average Bonchev–Trinajstić information content (AvgIpc) is 2.83. The number of nitrogens with zero attached hydrogens (tertiary/aromatic N) is 1. The van der Waals surface area contributed by atoms with Gasteiger partial charge in [-0.2, -0.15) is 0 Å². The Morgan fingerprint density at radius 1 is 1.22 bits per heavy atom. The summed E-state index contributed by atoms with van der Waals surface area (Å²) in [4.78, 5) is 17.1. The number of allylic oxidation sites excluding steroid dienone is 5. The van der Waals surface area contributed by atoms with Crippen LogP contribution in [0.4, 0.5) is 0 Å². The summed E-state index contributed by atoms with van der Waals surface area (Å²) in [5.41, 5.74) is 14.1. The van der Waals surface area contributed by atoms with Crippen LogP contribution in [0.1, 0.15) is 120 Å². The number of hydrogen-bond acceptors (Lipinski definition) is 3. The van der Waals surface area contributed by atoms with Gasteiger partial charge in [-0.3, -0.25) is 0 Å². The van der Waals surface area contributed by atoms with Gasteiger partial charge in [-0.25, -0.2) is 4.98 Å². The Hall–Kier alpha value is -2.52. The molecular weight excluding hydrogens is 440 g/mol. The van der Waals surface area contributed by atoms with Crippen molar-refractivity contribution in [3.8, 4) is 0 Å². The second-order valence-corrected chi connectivity index (χ2v) is 10.9. The van der Waals surface area contributed by atoms with Crippen LogP contribution in [0.5, 0.6) is 0 Å². The Kier molecular flexibility index (Phi) is 9.11. The molecule has 36 heavy (non-hydrogen) atoms. The number of ketones is 1. The molecule has 1 heterocycles. The Bertz CT molecular complexity index is 1240. The number of pyridine rings is 1. The van der Waals surface area contributed by atoms with Crippen molar-refractivity contribution in [2.24, 2.45) is 0 Å². The van der Waals surface area contributed by atoms with E-state index < -0.39 is 0 Å². The molecule has 0 bridgehead atoms. The van der Waals surface area contributed by atoms with E-state index in [9.17, 15) is 4.79 Å². The third-order valence-electron chi connectivity index (χ3n) is 7.98. The van der Waals surface area contributed by atoms with E-state index in [4.69, 9.17) is 4.98 Å². The zero-order valence-electron chi connectivity index (χ0n) is 24.1. The molecule has 0 fully saturated rings. The van der Waals surface area contributed by atoms with Gasteiger partial charge in [0.05, 0.1) is 11.2 Å². The van der Waals surface area contributed by atoms with E-state index in [2.05, 4.69) is 79.6 Å². The van der Waals surface area contributed by atoms with Crippen molar-refractivity contribution >= 4 is 22.3 Å². The third kappa shape index (κ3) is 5.42.